The van der Waals surface area contributed by atoms with Crippen molar-refractivity contribution in [2.75, 3.05) is 5.32 Å². The average molecular weight is 462 g/mol. The number of aryl methyl sites for hydroxylation is 2. The number of nitrogens with zero attached hydrogens (tertiary/aromatic N) is 3. The van der Waals surface area contributed by atoms with Crippen molar-refractivity contribution in [1.29, 1.82) is 0 Å². The van der Waals surface area contributed by atoms with Gasteiger partial charge in [-0.15, -0.1) is 0 Å². The van der Waals surface area contributed by atoms with Crippen LogP contribution in [0.4, 0.5) is 5.69 Å². The van der Waals surface area contributed by atoms with Gasteiger partial charge in [0.05, 0.1) is 35.0 Å². The van der Waals surface area contributed by atoms with Crippen molar-refractivity contribution >= 4 is 28.7 Å². The maximum absolute atomic E-state index is 13.7. The summed E-state index contributed by atoms with van der Waals surface area (Å²) in [5, 5.41) is 7.46. The Hall–Kier alpha value is -4.32. The van der Waals surface area contributed by atoms with Crippen LogP contribution in [0.5, 0.6) is 0 Å². The Kier molecular flexibility index (Phi) is 6.35. The second-order valence-electron chi connectivity index (χ2n) is 8.74. The lowest BCUT2D eigenvalue weighted by atomic mass is 10.1. The minimum Gasteiger partial charge on any atom is -0.384 e. The van der Waals surface area contributed by atoms with E-state index in [4.69, 9.17) is 0 Å². The molecule has 0 spiro atoms. The van der Waals surface area contributed by atoms with E-state index in [-0.39, 0.29) is 5.43 Å². The largest absolute Gasteiger partial charge is 0.384 e. The molecule has 0 unspecified atom stereocenters. The van der Waals surface area contributed by atoms with Crippen LogP contribution in [0.25, 0.3) is 23.1 Å². The quantitative estimate of drug-likeness (QED) is 0.413. The molecule has 0 aliphatic heterocycles. The molecule has 1 aliphatic rings. The van der Waals surface area contributed by atoms with Gasteiger partial charge in [0.25, 0.3) is 0 Å². The molecule has 2 N–H and O–H groups in total. The molecule has 0 atom stereocenters. The van der Waals surface area contributed by atoms with Gasteiger partial charge in [0.1, 0.15) is 0 Å². The van der Waals surface area contributed by atoms with E-state index >= 15 is 0 Å². The summed E-state index contributed by atoms with van der Waals surface area (Å²) in [6.45, 7) is 5.33. The van der Waals surface area contributed by atoms with Crippen LogP contribution in [0.2, 0.25) is 0 Å². The second-order valence-corrected chi connectivity index (χ2v) is 8.74. The van der Waals surface area contributed by atoms with Crippen molar-refractivity contribution in [2.24, 2.45) is 0 Å². The molecule has 0 bridgehead atoms. The Morgan fingerprint density at radius 1 is 0.943 bits per heavy atom. The number of pyridine rings is 3. The lowest BCUT2D eigenvalue weighted by Gasteiger charge is -2.10. The molecule has 0 saturated heterocycles. The third-order valence-electron chi connectivity index (χ3n) is 6.31. The van der Waals surface area contributed by atoms with Gasteiger partial charge < -0.3 is 10.6 Å². The van der Waals surface area contributed by atoms with Gasteiger partial charge in [-0.3, -0.25) is 19.7 Å². The highest BCUT2D eigenvalue weighted by atomic mass is 16.1. The molecule has 35 heavy (non-hydrogen) atoms. The van der Waals surface area contributed by atoms with E-state index in [9.17, 15) is 4.79 Å². The molecule has 174 valence electrons. The first kappa shape index (κ1) is 22.5. The van der Waals surface area contributed by atoms with Crippen molar-refractivity contribution in [3.05, 3.63) is 117 Å². The van der Waals surface area contributed by atoms with Gasteiger partial charge in [-0.25, -0.2) is 0 Å². The van der Waals surface area contributed by atoms with Crippen LogP contribution in [-0.4, -0.2) is 15.0 Å². The number of hydrogen-bond donors (Lipinski definition) is 2. The van der Waals surface area contributed by atoms with E-state index in [1.807, 2.05) is 61.7 Å². The number of nitrogens with one attached hydrogen (secondary N) is 2. The van der Waals surface area contributed by atoms with Gasteiger partial charge in [-0.05, 0) is 66.4 Å². The molecule has 0 radical (unpaired) electrons. The van der Waals surface area contributed by atoms with E-state index < -0.39 is 0 Å². The molecule has 0 amide bonds. The van der Waals surface area contributed by atoms with Crippen LogP contribution in [0, 0.1) is 13.8 Å². The van der Waals surface area contributed by atoms with Crippen LogP contribution < -0.4 is 16.1 Å². The summed E-state index contributed by atoms with van der Waals surface area (Å²) < 4.78 is 0. The summed E-state index contributed by atoms with van der Waals surface area (Å²) in [5.74, 6) is 0. The molecule has 5 rings (SSSR count). The van der Waals surface area contributed by atoms with E-state index in [0.717, 1.165) is 40.2 Å². The summed E-state index contributed by atoms with van der Waals surface area (Å²) in [4.78, 5) is 26.9. The lowest BCUT2D eigenvalue weighted by Crippen LogP contribution is -2.14. The number of allylic oxidation sites excluding steroid dienone is 1. The topological polar surface area (TPSA) is 79.8 Å². The number of rotatable bonds is 6. The molecular formula is C29H27N5O. The zero-order chi connectivity index (χ0) is 24.2. The summed E-state index contributed by atoms with van der Waals surface area (Å²) in [5.41, 5.74) is 8.40. The predicted octanol–water partition coefficient (Wildman–Crippen LogP) is 5.16. The van der Waals surface area contributed by atoms with E-state index in [2.05, 4.69) is 38.6 Å². The van der Waals surface area contributed by atoms with Crippen molar-refractivity contribution in [3.8, 4) is 0 Å². The second kappa shape index (κ2) is 9.89. The minimum absolute atomic E-state index is 0.0314. The number of hydrogen-bond acceptors (Lipinski definition) is 6. The summed E-state index contributed by atoms with van der Waals surface area (Å²) in [6.07, 6.45) is 14.0. The summed E-state index contributed by atoms with van der Waals surface area (Å²) >= 11 is 0. The van der Waals surface area contributed by atoms with Crippen LogP contribution >= 0.6 is 0 Å². The maximum atomic E-state index is 13.7. The third-order valence-corrected chi connectivity index (χ3v) is 6.31. The first-order valence-corrected chi connectivity index (χ1v) is 11.7. The van der Waals surface area contributed by atoms with E-state index in [0.29, 0.717) is 29.6 Å². The lowest BCUT2D eigenvalue weighted by molar-refractivity contribution is 0.790. The zero-order valence-corrected chi connectivity index (χ0v) is 19.9. The fourth-order valence-electron chi connectivity index (χ4n) is 4.18. The Balaban J connectivity index is 1.47. The van der Waals surface area contributed by atoms with Gasteiger partial charge in [0, 0.05) is 42.8 Å². The zero-order valence-electron chi connectivity index (χ0n) is 19.9. The summed E-state index contributed by atoms with van der Waals surface area (Å²) in [6, 6.07) is 11.8. The molecule has 6 heteroatoms. The fraction of sp³-hybridized carbons (Fsp3) is 0.172. The number of aromatic nitrogens is 3. The standard InChI is InChI=1S/C29H27N5O/c1-19-5-4-11-31-28(19)18-33-24-14-26-27(34-17-24)9-8-21-6-3-7-23(13-25(21)29(26)35)32-16-22-10-12-30-15-20(22)2/h3-6,8-15,17,32-33H,7,16,18H2,1-2H3. The van der Waals surface area contributed by atoms with Crippen molar-refractivity contribution < 1.29 is 0 Å². The normalized spacial score (nSPS) is 12.6. The molecule has 0 saturated carbocycles. The van der Waals surface area contributed by atoms with E-state index in [1.54, 1.807) is 18.6 Å². The number of fused-ring (bicyclic) bond motifs is 2. The first-order valence-electron chi connectivity index (χ1n) is 11.7. The highest BCUT2D eigenvalue weighted by molar-refractivity contribution is 5.85. The van der Waals surface area contributed by atoms with Gasteiger partial charge >= 0.3 is 0 Å². The van der Waals surface area contributed by atoms with Gasteiger partial charge in [-0.2, -0.15) is 0 Å². The fourth-order valence-corrected chi connectivity index (χ4v) is 4.18. The Morgan fingerprint density at radius 3 is 2.71 bits per heavy atom. The number of anilines is 1. The predicted molar refractivity (Wildman–Crippen MR) is 142 cm³/mol. The molecule has 3 aromatic heterocycles. The van der Waals surface area contributed by atoms with Gasteiger partial charge in [-0.1, -0.05) is 24.3 Å². The van der Waals surface area contributed by atoms with Crippen molar-refractivity contribution in [3.63, 3.8) is 0 Å². The van der Waals surface area contributed by atoms with Crippen molar-refractivity contribution in [2.45, 2.75) is 33.4 Å². The first-order chi connectivity index (χ1) is 17.1. The monoisotopic (exact) mass is 461 g/mol. The summed E-state index contributed by atoms with van der Waals surface area (Å²) in [7, 11) is 0. The van der Waals surface area contributed by atoms with Crippen LogP contribution in [0.15, 0.2) is 77.8 Å². The highest BCUT2D eigenvalue weighted by Gasteiger charge is 2.11. The van der Waals surface area contributed by atoms with Crippen molar-refractivity contribution in [1.82, 2.24) is 20.3 Å². The van der Waals surface area contributed by atoms with Gasteiger partial charge in [0.2, 0.25) is 0 Å². The smallest absolute Gasteiger partial charge is 0.195 e. The highest BCUT2D eigenvalue weighted by Crippen LogP contribution is 2.21. The van der Waals surface area contributed by atoms with Crippen LogP contribution in [0.1, 0.15) is 39.9 Å². The molecule has 3 heterocycles. The molecule has 6 nitrogen and oxygen atoms in total. The molecule has 1 aliphatic carbocycles. The van der Waals surface area contributed by atoms with Gasteiger partial charge in [0.15, 0.2) is 5.43 Å². The Bertz CT molecular complexity index is 1520. The Morgan fingerprint density at radius 2 is 1.86 bits per heavy atom. The maximum Gasteiger partial charge on any atom is 0.195 e. The average Bonchev–Trinajstić information content (AvgIpc) is 3.15. The van der Waals surface area contributed by atoms with Crippen LogP contribution in [-0.2, 0) is 13.1 Å². The molecular weight excluding hydrogens is 434 g/mol. The molecule has 4 aromatic rings. The van der Waals surface area contributed by atoms with E-state index in [1.165, 1.54) is 5.56 Å². The van der Waals surface area contributed by atoms with Crippen LogP contribution in [0.3, 0.4) is 0 Å². The minimum atomic E-state index is -0.0314. The SMILES string of the molecule is Cc1cnccc1CNC1=Cc2c(ccc3ncc(NCc4ncccc4C)cc3c2=O)C=CC1. The molecule has 1 aromatic carbocycles. The Labute approximate surface area is 204 Å². The third kappa shape index (κ3) is 4.96. The molecule has 0 fully saturated rings.